The number of aromatic nitrogens is 2. The molecule has 2 aromatic rings. The Morgan fingerprint density at radius 2 is 2.21 bits per heavy atom. The lowest BCUT2D eigenvalue weighted by Gasteiger charge is -1.98. The van der Waals surface area contributed by atoms with E-state index in [1.165, 1.54) is 7.11 Å². The second-order valence-corrected chi connectivity index (χ2v) is 5.13. The lowest BCUT2D eigenvalue weighted by Crippen LogP contribution is -2.02. The number of carbonyl (C=O) groups excluding carboxylic acids is 1. The SMILES string of the molecule is COC(=O)CSc1nnc(-c2ccc(Cl)cc2Cl)o1. The maximum absolute atomic E-state index is 11.0. The van der Waals surface area contributed by atoms with Gasteiger partial charge in [-0.15, -0.1) is 10.2 Å². The Balaban J connectivity index is 2.14. The number of methoxy groups -OCH3 is 1. The molecule has 100 valence electrons. The lowest BCUT2D eigenvalue weighted by molar-refractivity contribution is -0.137. The summed E-state index contributed by atoms with van der Waals surface area (Å²) in [7, 11) is 1.32. The van der Waals surface area contributed by atoms with E-state index in [1.54, 1.807) is 18.2 Å². The van der Waals surface area contributed by atoms with Gasteiger partial charge in [0.25, 0.3) is 5.22 Å². The fraction of sp³-hybridized carbons (Fsp3) is 0.182. The summed E-state index contributed by atoms with van der Waals surface area (Å²) in [6.07, 6.45) is 0. The topological polar surface area (TPSA) is 65.2 Å². The van der Waals surface area contributed by atoms with Crippen LogP contribution in [0.4, 0.5) is 0 Å². The molecular formula is C11H8Cl2N2O3S. The van der Waals surface area contributed by atoms with Crippen LogP contribution >= 0.6 is 35.0 Å². The molecule has 0 saturated carbocycles. The number of rotatable bonds is 4. The van der Waals surface area contributed by atoms with Gasteiger partial charge in [0.05, 0.1) is 17.7 Å². The third-order valence-electron chi connectivity index (χ3n) is 2.11. The van der Waals surface area contributed by atoms with E-state index in [2.05, 4.69) is 14.9 Å². The van der Waals surface area contributed by atoms with Gasteiger partial charge in [0.2, 0.25) is 5.89 Å². The predicted molar refractivity (Wildman–Crippen MR) is 72.5 cm³/mol. The number of halogens is 2. The first kappa shape index (κ1) is 14.2. The molecule has 5 nitrogen and oxygen atoms in total. The van der Waals surface area contributed by atoms with Crippen molar-refractivity contribution in [2.75, 3.05) is 12.9 Å². The number of thioether (sulfide) groups is 1. The van der Waals surface area contributed by atoms with Crippen LogP contribution in [0.2, 0.25) is 10.0 Å². The van der Waals surface area contributed by atoms with Gasteiger partial charge in [0.15, 0.2) is 0 Å². The molecule has 1 aromatic heterocycles. The summed E-state index contributed by atoms with van der Waals surface area (Å²) in [5.74, 6) is 0.00949. The van der Waals surface area contributed by atoms with Crippen molar-refractivity contribution in [2.45, 2.75) is 5.22 Å². The maximum atomic E-state index is 11.0. The molecule has 2 rings (SSSR count). The van der Waals surface area contributed by atoms with E-state index in [4.69, 9.17) is 27.6 Å². The van der Waals surface area contributed by atoms with Crippen LogP contribution in [0.25, 0.3) is 11.5 Å². The monoisotopic (exact) mass is 318 g/mol. The summed E-state index contributed by atoms with van der Waals surface area (Å²) in [5.41, 5.74) is 0.587. The van der Waals surface area contributed by atoms with Crippen LogP contribution in [0.5, 0.6) is 0 Å². The van der Waals surface area contributed by atoms with E-state index >= 15 is 0 Å². The zero-order valence-electron chi connectivity index (χ0n) is 9.72. The average molecular weight is 319 g/mol. The van der Waals surface area contributed by atoms with Gasteiger partial charge in [0, 0.05) is 5.02 Å². The van der Waals surface area contributed by atoms with Crippen LogP contribution in [0, 0.1) is 0 Å². The fourth-order valence-electron chi connectivity index (χ4n) is 1.22. The number of ether oxygens (including phenoxy) is 1. The Kier molecular flexibility index (Phi) is 4.68. The molecule has 0 N–H and O–H groups in total. The van der Waals surface area contributed by atoms with E-state index in [9.17, 15) is 4.79 Å². The highest BCUT2D eigenvalue weighted by Gasteiger charge is 2.13. The summed E-state index contributed by atoms with van der Waals surface area (Å²) in [6, 6.07) is 4.95. The minimum absolute atomic E-state index is 0.104. The number of nitrogens with zero attached hydrogens (tertiary/aromatic N) is 2. The molecule has 1 aromatic carbocycles. The second kappa shape index (κ2) is 6.27. The molecule has 0 aliphatic heterocycles. The van der Waals surface area contributed by atoms with Gasteiger partial charge in [-0.3, -0.25) is 4.79 Å². The van der Waals surface area contributed by atoms with Crippen molar-refractivity contribution in [3.63, 3.8) is 0 Å². The standard InChI is InChI=1S/C11H8Cl2N2O3S/c1-17-9(16)5-19-11-15-14-10(18-11)7-3-2-6(12)4-8(7)13/h2-4H,5H2,1H3. The van der Waals surface area contributed by atoms with Gasteiger partial charge in [-0.2, -0.15) is 0 Å². The largest absolute Gasteiger partial charge is 0.468 e. The summed E-state index contributed by atoms with van der Waals surface area (Å²) in [5, 5.41) is 8.88. The Morgan fingerprint density at radius 3 is 2.89 bits per heavy atom. The van der Waals surface area contributed by atoms with Crippen molar-refractivity contribution in [3.8, 4) is 11.5 Å². The van der Waals surface area contributed by atoms with Crippen molar-refractivity contribution in [1.29, 1.82) is 0 Å². The molecule has 0 unspecified atom stereocenters. The first-order valence-electron chi connectivity index (χ1n) is 5.08. The number of esters is 1. The van der Waals surface area contributed by atoms with E-state index in [0.717, 1.165) is 11.8 Å². The van der Waals surface area contributed by atoms with Crippen LogP contribution in [0.15, 0.2) is 27.8 Å². The van der Waals surface area contributed by atoms with Gasteiger partial charge < -0.3 is 9.15 Å². The zero-order valence-corrected chi connectivity index (χ0v) is 12.1. The van der Waals surface area contributed by atoms with Crippen LogP contribution in [-0.4, -0.2) is 29.0 Å². The van der Waals surface area contributed by atoms with Crippen LogP contribution in [0.3, 0.4) is 0 Å². The van der Waals surface area contributed by atoms with Crippen LogP contribution < -0.4 is 0 Å². The minimum Gasteiger partial charge on any atom is -0.468 e. The van der Waals surface area contributed by atoms with E-state index in [0.29, 0.717) is 15.6 Å². The lowest BCUT2D eigenvalue weighted by atomic mass is 10.2. The summed E-state index contributed by atoms with van der Waals surface area (Å²) in [4.78, 5) is 11.0. The molecule has 1 heterocycles. The van der Waals surface area contributed by atoms with E-state index < -0.39 is 0 Å². The quantitative estimate of drug-likeness (QED) is 0.636. The molecule has 19 heavy (non-hydrogen) atoms. The zero-order chi connectivity index (χ0) is 13.8. The average Bonchev–Trinajstić information content (AvgIpc) is 2.84. The summed E-state index contributed by atoms with van der Waals surface area (Å²) in [6.45, 7) is 0. The maximum Gasteiger partial charge on any atom is 0.316 e. The number of benzene rings is 1. The van der Waals surface area contributed by atoms with E-state index in [-0.39, 0.29) is 22.8 Å². The highest BCUT2D eigenvalue weighted by molar-refractivity contribution is 7.99. The highest BCUT2D eigenvalue weighted by atomic mass is 35.5. The third kappa shape index (κ3) is 3.62. The molecule has 0 aliphatic rings. The van der Waals surface area contributed by atoms with Gasteiger partial charge in [-0.05, 0) is 18.2 Å². The van der Waals surface area contributed by atoms with Crippen molar-refractivity contribution in [2.24, 2.45) is 0 Å². The Hall–Kier alpha value is -1.24. The molecule has 0 spiro atoms. The number of hydrogen-bond donors (Lipinski definition) is 0. The van der Waals surface area contributed by atoms with Crippen molar-refractivity contribution >= 4 is 40.9 Å². The molecule has 0 saturated heterocycles. The number of hydrogen-bond acceptors (Lipinski definition) is 6. The molecule has 0 amide bonds. The molecule has 8 heteroatoms. The smallest absolute Gasteiger partial charge is 0.316 e. The molecule has 0 bridgehead atoms. The van der Waals surface area contributed by atoms with Gasteiger partial charge in [0.1, 0.15) is 5.75 Å². The second-order valence-electron chi connectivity index (χ2n) is 3.36. The highest BCUT2D eigenvalue weighted by Crippen LogP contribution is 2.30. The van der Waals surface area contributed by atoms with Crippen LogP contribution in [0.1, 0.15) is 0 Å². The Bertz CT molecular complexity index is 603. The summed E-state index contributed by atoms with van der Waals surface area (Å²) < 4.78 is 9.90. The first-order valence-corrected chi connectivity index (χ1v) is 6.83. The van der Waals surface area contributed by atoms with Gasteiger partial charge in [-0.25, -0.2) is 0 Å². The van der Waals surface area contributed by atoms with Crippen LogP contribution in [-0.2, 0) is 9.53 Å². The van der Waals surface area contributed by atoms with Gasteiger partial charge >= 0.3 is 5.97 Å². The molecular weight excluding hydrogens is 311 g/mol. The third-order valence-corrected chi connectivity index (χ3v) is 3.45. The van der Waals surface area contributed by atoms with Gasteiger partial charge in [-0.1, -0.05) is 35.0 Å². The fourth-order valence-corrected chi connectivity index (χ4v) is 2.30. The molecule has 0 fully saturated rings. The molecule has 0 atom stereocenters. The normalized spacial score (nSPS) is 10.5. The molecule has 0 radical (unpaired) electrons. The van der Waals surface area contributed by atoms with Crippen molar-refractivity contribution in [3.05, 3.63) is 28.2 Å². The Morgan fingerprint density at radius 1 is 1.42 bits per heavy atom. The Labute approximate surface area is 123 Å². The molecule has 0 aliphatic carbocycles. The predicted octanol–water partition coefficient (Wildman–Crippen LogP) is 3.31. The van der Waals surface area contributed by atoms with Crippen molar-refractivity contribution < 1.29 is 13.9 Å². The number of carbonyl (C=O) groups is 1. The summed E-state index contributed by atoms with van der Waals surface area (Å²) >= 11 is 12.9. The first-order chi connectivity index (χ1) is 9.10. The van der Waals surface area contributed by atoms with Crippen molar-refractivity contribution in [1.82, 2.24) is 10.2 Å². The van der Waals surface area contributed by atoms with E-state index in [1.807, 2.05) is 0 Å². The minimum atomic E-state index is -0.366.